The molecule has 0 radical (unpaired) electrons. The Morgan fingerprint density at radius 1 is 1.06 bits per heavy atom. The summed E-state index contributed by atoms with van der Waals surface area (Å²) in [6, 6.07) is 0. The van der Waals surface area contributed by atoms with E-state index in [-0.39, 0.29) is 6.10 Å². The molecule has 0 aliphatic heterocycles. The van der Waals surface area contributed by atoms with Crippen LogP contribution in [0.15, 0.2) is 0 Å². The first-order valence-electron chi connectivity index (χ1n) is 5.66. The molecule has 0 saturated carbocycles. The number of ether oxygens (including phenoxy) is 2. The van der Waals surface area contributed by atoms with Crippen molar-refractivity contribution in [3.63, 3.8) is 0 Å². The molecule has 0 aromatic carbocycles. The molecule has 5 heteroatoms. The van der Waals surface area contributed by atoms with Gasteiger partial charge in [-0.05, 0) is 48.5 Å². The van der Waals surface area contributed by atoms with Gasteiger partial charge in [-0.2, -0.15) is 0 Å². The van der Waals surface area contributed by atoms with E-state index in [1.165, 1.54) is 0 Å². The van der Waals surface area contributed by atoms with Crippen LogP contribution in [-0.4, -0.2) is 29.3 Å². The van der Waals surface area contributed by atoms with Crippen molar-refractivity contribution >= 4 is 12.1 Å². The first kappa shape index (κ1) is 15.7. The van der Waals surface area contributed by atoms with Crippen molar-refractivity contribution in [2.45, 2.75) is 65.7 Å². The molecular weight excluding hydrogens is 222 g/mol. The third-order valence-electron chi connectivity index (χ3n) is 1.67. The molecule has 0 aromatic rings. The summed E-state index contributed by atoms with van der Waals surface area (Å²) in [4.78, 5) is 23.2. The highest BCUT2D eigenvalue weighted by atomic mass is 16.6. The summed E-state index contributed by atoms with van der Waals surface area (Å²) in [5.74, 6) is -0.488. The summed E-state index contributed by atoms with van der Waals surface area (Å²) in [6.07, 6.45) is -0.856. The van der Waals surface area contributed by atoms with Crippen LogP contribution in [0.3, 0.4) is 0 Å². The van der Waals surface area contributed by atoms with Crippen molar-refractivity contribution in [3.8, 4) is 0 Å². The Balaban J connectivity index is 4.44. The van der Waals surface area contributed by atoms with Crippen LogP contribution in [0.2, 0.25) is 0 Å². The van der Waals surface area contributed by atoms with Gasteiger partial charge in [-0.3, -0.25) is 0 Å². The number of rotatable bonds is 3. The van der Waals surface area contributed by atoms with Gasteiger partial charge in [-0.1, -0.05) is 0 Å². The minimum atomic E-state index is -1.10. The van der Waals surface area contributed by atoms with E-state index in [4.69, 9.17) is 9.47 Å². The average molecular weight is 245 g/mol. The number of carbonyl (C=O) groups is 2. The standard InChI is InChI=1S/C12H23NO4/c1-8(2)16-9(14)12(6,7)13-10(15)17-11(3,4)5/h8H,1-7H3,(H,13,15). The highest BCUT2D eigenvalue weighted by molar-refractivity contribution is 5.85. The molecule has 0 fully saturated rings. The van der Waals surface area contributed by atoms with E-state index in [2.05, 4.69) is 5.32 Å². The van der Waals surface area contributed by atoms with Gasteiger partial charge >= 0.3 is 12.1 Å². The van der Waals surface area contributed by atoms with Crippen molar-refractivity contribution in [3.05, 3.63) is 0 Å². The van der Waals surface area contributed by atoms with Crippen LogP contribution in [-0.2, 0) is 14.3 Å². The second-order valence-electron chi connectivity index (χ2n) is 5.71. The fourth-order valence-electron chi connectivity index (χ4n) is 0.971. The minimum absolute atomic E-state index is 0.220. The molecular formula is C12H23NO4. The van der Waals surface area contributed by atoms with Gasteiger partial charge in [0.25, 0.3) is 0 Å². The zero-order chi connectivity index (χ0) is 13.9. The smallest absolute Gasteiger partial charge is 0.408 e. The van der Waals surface area contributed by atoms with Crippen molar-refractivity contribution < 1.29 is 19.1 Å². The van der Waals surface area contributed by atoms with Crippen LogP contribution in [0.25, 0.3) is 0 Å². The zero-order valence-electron chi connectivity index (χ0n) is 11.7. The quantitative estimate of drug-likeness (QED) is 0.774. The molecule has 17 heavy (non-hydrogen) atoms. The summed E-state index contributed by atoms with van der Waals surface area (Å²) < 4.78 is 10.1. The number of hydrogen-bond donors (Lipinski definition) is 1. The maximum Gasteiger partial charge on any atom is 0.408 e. The van der Waals surface area contributed by atoms with Gasteiger partial charge in [0.15, 0.2) is 0 Å². The average Bonchev–Trinajstić information content (AvgIpc) is 1.96. The van der Waals surface area contributed by atoms with Gasteiger partial charge in [-0.25, -0.2) is 9.59 Å². The molecule has 0 atom stereocenters. The largest absolute Gasteiger partial charge is 0.461 e. The Bertz CT molecular complexity index is 289. The van der Waals surface area contributed by atoms with E-state index in [0.29, 0.717) is 0 Å². The molecule has 100 valence electrons. The van der Waals surface area contributed by atoms with E-state index in [9.17, 15) is 9.59 Å². The van der Waals surface area contributed by atoms with Crippen molar-refractivity contribution in [1.82, 2.24) is 5.32 Å². The summed E-state index contributed by atoms with van der Waals surface area (Å²) in [5.41, 5.74) is -1.70. The molecule has 1 N–H and O–H groups in total. The lowest BCUT2D eigenvalue weighted by atomic mass is 10.1. The lowest BCUT2D eigenvalue weighted by molar-refractivity contribution is -0.154. The van der Waals surface area contributed by atoms with Crippen LogP contribution in [0.1, 0.15) is 48.5 Å². The molecule has 0 spiro atoms. The van der Waals surface area contributed by atoms with E-state index in [0.717, 1.165) is 0 Å². The van der Waals surface area contributed by atoms with Gasteiger partial charge in [0, 0.05) is 0 Å². The highest BCUT2D eigenvalue weighted by Crippen LogP contribution is 2.11. The number of esters is 1. The molecule has 0 saturated heterocycles. The number of alkyl carbamates (subject to hydrolysis) is 1. The third-order valence-corrected chi connectivity index (χ3v) is 1.67. The summed E-state index contributed by atoms with van der Waals surface area (Å²) in [5, 5.41) is 2.48. The van der Waals surface area contributed by atoms with Crippen LogP contribution in [0.4, 0.5) is 4.79 Å². The van der Waals surface area contributed by atoms with Gasteiger partial charge in [-0.15, -0.1) is 0 Å². The highest BCUT2D eigenvalue weighted by Gasteiger charge is 2.33. The molecule has 0 unspecified atom stereocenters. The molecule has 0 rings (SSSR count). The van der Waals surface area contributed by atoms with Crippen LogP contribution in [0.5, 0.6) is 0 Å². The SMILES string of the molecule is CC(C)OC(=O)C(C)(C)NC(=O)OC(C)(C)C. The topological polar surface area (TPSA) is 64.6 Å². The molecule has 5 nitrogen and oxygen atoms in total. The number of hydrogen-bond acceptors (Lipinski definition) is 4. The zero-order valence-corrected chi connectivity index (χ0v) is 11.7. The summed E-state index contributed by atoms with van der Waals surface area (Å²) in [7, 11) is 0. The van der Waals surface area contributed by atoms with Gasteiger partial charge < -0.3 is 14.8 Å². The lowest BCUT2D eigenvalue weighted by Crippen LogP contribution is -2.52. The minimum Gasteiger partial charge on any atom is -0.461 e. The molecule has 0 bridgehead atoms. The Labute approximate surface area is 103 Å². The van der Waals surface area contributed by atoms with Gasteiger partial charge in [0.05, 0.1) is 6.10 Å². The summed E-state index contributed by atoms with van der Waals surface area (Å²) >= 11 is 0. The second-order valence-corrected chi connectivity index (χ2v) is 5.71. The maximum atomic E-state index is 11.7. The maximum absolute atomic E-state index is 11.7. The number of carbonyl (C=O) groups excluding carboxylic acids is 2. The Morgan fingerprint density at radius 3 is 1.88 bits per heavy atom. The van der Waals surface area contributed by atoms with Crippen molar-refractivity contribution in [1.29, 1.82) is 0 Å². The molecule has 0 aliphatic rings. The Kier molecular flexibility index (Phi) is 4.98. The fourth-order valence-corrected chi connectivity index (χ4v) is 0.971. The molecule has 0 aromatic heterocycles. The summed E-state index contributed by atoms with van der Waals surface area (Å²) in [6.45, 7) is 11.9. The Morgan fingerprint density at radius 2 is 1.53 bits per heavy atom. The van der Waals surface area contributed by atoms with Crippen LogP contribution < -0.4 is 5.32 Å². The normalized spacial score (nSPS) is 12.2. The van der Waals surface area contributed by atoms with E-state index < -0.39 is 23.2 Å². The van der Waals surface area contributed by atoms with Gasteiger partial charge in [0.2, 0.25) is 0 Å². The van der Waals surface area contributed by atoms with E-state index in [1.54, 1.807) is 48.5 Å². The number of nitrogens with one attached hydrogen (secondary N) is 1. The predicted octanol–water partition coefficient (Wildman–Crippen LogP) is 2.24. The molecule has 0 heterocycles. The third kappa shape index (κ3) is 6.81. The molecule has 1 amide bonds. The molecule has 0 aliphatic carbocycles. The fraction of sp³-hybridized carbons (Fsp3) is 0.833. The van der Waals surface area contributed by atoms with Gasteiger partial charge in [0.1, 0.15) is 11.1 Å². The second kappa shape index (κ2) is 5.38. The lowest BCUT2D eigenvalue weighted by Gasteiger charge is -2.27. The van der Waals surface area contributed by atoms with Crippen molar-refractivity contribution in [2.24, 2.45) is 0 Å². The number of amides is 1. The Hall–Kier alpha value is -1.26. The monoisotopic (exact) mass is 245 g/mol. The van der Waals surface area contributed by atoms with E-state index in [1.807, 2.05) is 0 Å². The van der Waals surface area contributed by atoms with Crippen molar-refractivity contribution in [2.75, 3.05) is 0 Å². The first-order chi connectivity index (χ1) is 7.44. The van der Waals surface area contributed by atoms with Crippen LogP contribution in [0, 0.1) is 0 Å². The van der Waals surface area contributed by atoms with Crippen LogP contribution >= 0.6 is 0 Å². The first-order valence-corrected chi connectivity index (χ1v) is 5.66. The van der Waals surface area contributed by atoms with E-state index >= 15 is 0 Å². The predicted molar refractivity (Wildman–Crippen MR) is 64.7 cm³/mol.